The number of likely N-dealkylation sites (tertiary alicyclic amines) is 2. The van der Waals surface area contributed by atoms with Gasteiger partial charge in [-0.3, -0.25) is 4.79 Å². The van der Waals surface area contributed by atoms with Crippen molar-refractivity contribution < 1.29 is 43.2 Å². The molecule has 11 heteroatoms. The molecule has 40 heavy (non-hydrogen) atoms. The van der Waals surface area contributed by atoms with Crippen LogP contribution in [0.5, 0.6) is 0 Å². The van der Waals surface area contributed by atoms with Crippen LogP contribution in [0.3, 0.4) is 0 Å². The van der Waals surface area contributed by atoms with Crippen LogP contribution in [0.2, 0.25) is 0 Å². The van der Waals surface area contributed by atoms with Crippen LogP contribution >= 0.6 is 0 Å². The van der Waals surface area contributed by atoms with Gasteiger partial charge in [0.15, 0.2) is 0 Å². The minimum absolute atomic E-state index is 0.0840. The van der Waals surface area contributed by atoms with Gasteiger partial charge in [-0.15, -0.1) is 0 Å². The van der Waals surface area contributed by atoms with Crippen LogP contribution in [-0.2, 0) is 28.5 Å². The quantitative estimate of drug-likeness (QED) is 0.258. The lowest BCUT2D eigenvalue weighted by Gasteiger charge is -2.28. The molecule has 0 spiro atoms. The number of aliphatic hydroxyl groups excluding tert-OH is 1. The first-order chi connectivity index (χ1) is 18.7. The number of esters is 2. The number of amides is 2. The Bertz CT molecular complexity index is 815. The van der Waals surface area contributed by atoms with Crippen molar-refractivity contribution in [3.63, 3.8) is 0 Å². The second-order valence-electron chi connectivity index (χ2n) is 11.3. The summed E-state index contributed by atoms with van der Waals surface area (Å²) in [4.78, 5) is 50.0. The second kappa shape index (κ2) is 18.5. The molecule has 232 valence electrons. The number of carbonyl (C=O) groups excluding carboxylic acids is 4. The van der Waals surface area contributed by atoms with Crippen molar-refractivity contribution >= 4 is 24.1 Å². The van der Waals surface area contributed by atoms with E-state index in [1.54, 1.807) is 29.7 Å². The first kappa shape index (κ1) is 37.2. The summed E-state index contributed by atoms with van der Waals surface area (Å²) in [5.74, 6) is -0.572. The van der Waals surface area contributed by atoms with Crippen molar-refractivity contribution in [3.05, 3.63) is 12.2 Å². The van der Waals surface area contributed by atoms with Gasteiger partial charge in [0.1, 0.15) is 11.2 Å². The largest absolute Gasteiger partial charge is 0.466 e. The summed E-state index contributed by atoms with van der Waals surface area (Å²) < 4.78 is 20.4. The standard InChI is InChI=1S/C14H25NO4.C14H23NO4.CH4O/c2*1-5-18-12(16)9-8-11-7-6-10-15(11)13(17)19-14(2,3)4;1-2/h11H,5-10H2,1-4H3;8-9,11H,5-7,10H2,1-4H3;2H,1H3/b;9-8+;. The molecule has 0 aliphatic carbocycles. The maximum Gasteiger partial charge on any atom is 0.410 e. The van der Waals surface area contributed by atoms with Gasteiger partial charge in [0.25, 0.3) is 0 Å². The molecule has 2 unspecified atom stereocenters. The maximum absolute atomic E-state index is 12.0. The zero-order chi connectivity index (χ0) is 30.9. The average Bonchev–Trinajstić information content (AvgIpc) is 3.51. The summed E-state index contributed by atoms with van der Waals surface area (Å²) in [5.41, 5.74) is -0.986. The Morgan fingerprint density at radius 2 is 1.30 bits per heavy atom. The molecule has 0 saturated carbocycles. The smallest absolute Gasteiger partial charge is 0.410 e. The fourth-order valence-corrected chi connectivity index (χ4v) is 4.13. The molecule has 0 aromatic carbocycles. The summed E-state index contributed by atoms with van der Waals surface area (Å²) in [6.07, 6.45) is 7.15. The summed E-state index contributed by atoms with van der Waals surface area (Å²) in [6.45, 7) is 16.8. The van der Waals surface area contributed by atoms with Crippen LogP contribution in [0, 0.1) is 0 Å². The minimum atomic E-state index is -0.505. The van der Waals surface area contributed by atoms with Crippen molar-refractivity contribution in [2.45, 2.75) is 117 Å². The summed E-state index contributed by atoms with van der Waals surface area (Å²) in [6, 6.07) is 0.0125. The highest BCUT2D eigenvalue weighted by Crippen LogP contribution is 2.24. The van der Waals surface area contributed by atoms with Gasteiger partial charge in [-0.1, -0.05) is 6.08 Å². The minimum Gasteiger partial charge on any atom is -0.466 e. The first-order valence-electron chi connectivity index (χ1n) is 14.1. The van der Waals surface area contributed by atoms with Crippen molar-refractivity contribution in [1.82, 2.24) is 9.80 Å². The van der Waals surface area contributed by atoms with E-state index in [-0.39, 0.29) is 36.2 Å². The molecule has 0 bridgehead atoms. The SMILES string of the molecule is CCOC(=O)/C=C/C1CCCN1C(=O)OC(C)(C)C.CCOC(=O)CCC1CCCN1C(=O)OC(C)(C)C.CO. The molecule has 11 nitrogen and oxygen atoms in total. The van der Waals surface area contributed by atoms with Gasteiger partial charge in [0, 0.05) is 38.7 Å². The van der Waals surface area contributed by atoms with Gasteiger partial charge < -0.3 is 33.9 Å². The lowest BCUT2D eigenvalue weighted by Crippen LogP contribution is -2.40. The van der Waals surface area contributed by atoms with E-state index in [0.29, 0.717) is 39.1 Å². The van der Waals surface area contributed by atoms with Crippen LogP contribution in [0.4, 0.5) is 9.59 Å². The predicted octanol–water partition coefficient (Wildman–Crippen LogP) is 4.84. The molecule has 2 rings (SSSR count). The van der Waals surface area contributed by atoms with Crippen LogP contribution in [0.15, 0.2) is 12.2 Å². The summed E-state index contributed by atoms with van der Waals surface area (Å²) in [5, 5.41) is 7.00. The van der Waals surface area contributed by atoms with E-state index >= 15 is 0 Å². The highest BCUT2D eigenvalue weighted by atomic mass is 16.6. The normalized spacial score (nSPS) is 18.8. The van der Waals surface area contributed by atoms with E-state index in [1.807, 2.05) is 41.5 Å². The van der Waals surface area contributed by atoms with Gasteiger partial charge >= 0.3 is 24.1 Å². The van der Waals surface area contributed by atoms with Crippen molar-refractivity contribution in [2.75, 3.05) is 33.4 Å². The zero-order valence-electron chi connectivity index (χ0n) is 26.0. The third-order valence-corrected chi connectivity index (χ3v) is 5.66. The van der Waals surface area contributed by atoms with Crippen LogP contribution < -0.4 is 0 Å². The van der Waals surface area contributed by atoms with E-state index < -0.39 is 11.2 Å². The molecule has 2 saturated heterocycles. The molecule has 1 N–H and O–H groups in total. The van der Waals surface area contributed by atoms with Gasteiger partial charge in [-0.25, -0.2) is 14.4 Å². The lowest BCUT2D eigenvalue weighted by molar-refractivity contribution is -0.143. The molecule has 0 aromatic heterocycles. The number of hydrogen-bond acceptors (Lipinski definition) is 9. The summed E-state index contributed by atoms with van der Waals surface area (Å²) >= 11 is 0. The van der Waals surface area contributed by atoms with Crippen LogP contribution in [0.25, 0.3) is 0 Å². The Kier molecular flexibility index (Phi) is 17.2. The molecule has 2 fully saturated rings. The predicted molar refractivity (Wildman–Crippen MR) is 152 cm³/mol. The molecule has 0 aromatic rings. The molecule has 2 aliphatic rings. The van der Waals surface area contributed by atoms with Crippen molar-refractivity contribution in [1.29, 1.82) is 0 Å². The van der Waals surface area contributed by atoms with Gasteiger partial charge in [0.2, 0.25) is 0 Å². The molecule has 0 radical (unpaired) electrons. The van der Waals surface area contributed by atoms with Crippen molar-refractivity contribution in [3.8, 4) is 0 Å². The molecule has 2 amide bonds. The number of aliphatic hydroxyl groups is 1. The maximum atomic E-state index is 12.0. The number of nitrogens with zero attached hydrogens (tertiary/aromatic N) is 2. The van der Waals surface area contributed by atoms with Crippen LogP contribution in [0.1, 0.15) is 93.9 Å². The highest BCUT2D eigenvalue weighted by Gasteiger charge is 2.32. The monoisotopic (exact) mass is 572 g/mol. The van der Waals surface area contributed by atoms with E-state index in [4.69, 9.17) is 24.1 Å². The van der Waals surface area contributed by atoms with Gasteiger partial charge in [-0.2, -0.15) is 0 Å². The topological polar surface area (TPSA) is 132 Å². The molecular weight excluding hydrogens is 520 g/mol. The lowest BCUT2D eigenvalue weighted by atomic mass is 10.1. The number of ether oxygens (including phenoxy) is 4. The Labute approximate surface area is 240 Å². The van der Waals surface area contributed by atoms with E-state index in [9.17, 15) is 19.2 Å². The average molecular weight is 573 g/mol. The van der Waals surface area contributed by atoms with E-state index in [1.165, 1.54) is 6.08 Å². The summed E-state index contributed by atoms with van der Waals surface area (Å²) in [7, 11) is 1.00. The first-order valence-corrected chi connectivity index (χ1v) is 14.1. The van der Waals surface area contributed by atoms with E-state index in [2.05, 4.69) is 0 Å². The Morgan fingerprint density at radius 3 is 1.82 bits per heavy atom. The fraction of sp³-hybridized carbons (Fsp3) is 0.793. The fourth-order valence-electron chi connectivity index (χ4n) is 4.13. The number of hydrogen-bond donors (Lipinski definition) is 1. The molecular formula is C29H52N2O9. The molecule has 2 aliphatic heterocycles. The zero-order valence-corrected chi connectivity index (χ0v) is 26.0. The third-order valence-electron chi connectivity index (χ3n) is 5.66. The Morgan fingerprint density at radius 1 is 0.800 bits per heavy atom. The van der Waals surface area contributed by atoms with Crippen LogP contribution in [-0.4, -0.2) is 95.7 Å². The van der Waals surface area contributed by atoms with Gasteiger partial charge in [-0.05, 0) is 87.5 Å². The van der Waals surface area contributed by atoms with Gasteiger partial charge in [0.05, 0.1) is 19.3 Å². The molecule has 2 atom stereocenters. The van der Waals surface area contributed by atoms with Crippen molar-refractivity contribution in [2.24, 2.45) is 0 Å². The Hall–Kier alpha value is -2.82. The molecule has 2 heterocycles. The van der Waals surface area contributed by atoms with E-state index in [0.717, 1.165) is 32.8 Å². The third kappa shape index (κ3) is 15.7. The number of rotatable bonds is 7. The second-order valence-corrected chi connectivity index (χ2v) is 11.3. The Balaban J connectivity index is 0.000000716. The highest BCUT2D eigenvalue weighted by molar-refractivity contribution is 5.82. The number of carbonyl (C=O) groups is 4.